The van der Waals surface area contributed by atoms with Gasteiger partial charge < -0.3 is 15.6 Å². The number of fused-ring (bicyclic) bond motifs is 1. The minimum atomic E-state index is -0.469. The molecule has 0 saturated carbocycles. The van der Waals surface area contributed by atoms with Crippen molar-refractivity contribution in [2.45, 2.75) is 6.54 Å². The average molecular weight is 493 g/mol. The summed E-state index contributed by atoms with van der Waals surface area (Å²) in [5, 5.41) is 17.8. The van der Waals surface area contributed by atoms with Crippen LogP contribution < -0.4 is 16.2 Å². The van der Waals surface area contributed by atoms with E-state index in [1.807, 2.05) is 54.6 Å². The molecular weight excluding hydrogens is 468 g/mol. The maximum atomic E-state index is 12.4. The molecule has 5 aromatic rings. The molecule has 0 bridgehead atoms. The summed E-state index contributed by atoms with van der Waals surface area (Å²) in [7, 11) is 0. The third-order valence-corrected chi connectivity index (χ3v) is 5.96. The molecule has 0 unspecified atom stereocenters. The van der Waals surface area contributed by atoms with Crippen molar-refractivity contribution in [1.29, 1.82) is 0 Å². The minimum Gasteiger partial charge on any atom is -0.369 e. The van der Waals surface area contributed by atoms with Gasteiger partial charge in [-0.2, -0.15) is 0 Å². The number of hydrogen-bond donors (Lipinski definition) is 3. The monoisotopic (exact) mass is 492 g/mol. The van der Waals surface area contributed by atoms with Gasteiger partial charge in [0.25, 0.3) is 11.2 Å². The SMILES string of the molecule is O=c1[nH]ccc2nc(-c3ccc(CNCCNc4ccc([N+](=O)[O-])cn4)cc3)c(-c3ccccc3)cc12. The molecule has 9 heteroatoms. The van der Waals surface area contributed by atoms with E-state index in [1.54, 1.807) is 12.3 Å². The largest absolute Gasteiger partial charge is 0.369 e. The van der Waals surface area contributed by atoms with Crippen LogP contribution in [0.2, 0.25) is 0 Å². The molecule has 0 aliphatic rings. The Bertz CT molecular complexity index is 1580. The standard InChI is InChI=1S/C28H24N6O3/c35-28-24-16-23(20-4-2-1-3-5-20)27(33-25(24)12-13-31-28)21-8-6-19(7-9-21)17-29-14-15-30-26-11-10-22(18-32-26)34(36)37/h1-13,16,18,29H,14-15,17H2,(H,30,32)(H,31,35). The van der Waals surface area contributed by atoms with Crippen molar-refractivity contribution in [3.63, 3.8) is 0 Å². The smallest absolute Gasteiger partial charge is 0.287 e. The van der Waals surface area contributed by atoms with E-state index in [0.29, 0.717) is 36.4 Å². The van der Waals surface area contributed by atoms with E-state index in [0.717, 1.165) is 27.9 Å². The van der Waals surface area contributed by atoms with Gasteiger partial charge in [0.2, 0.25) is 0 Å². The summed E-state index contributed by atoms with van der Waals surface area (Å²) in [5.41, 5.74) is 5.27. The maximum absolute atomic E-state index is 12.4. The van der Waals surface area contributed by atoms with Gasteiger partial charge in [-0.05, 0) is 29.3 Å². The quantitative estimate of drug-likeness (QED) is 0.154. The van der Waals surface area contributed by atoms with Crippen LogP contribution in [0.5, 0.6) is 0 Å². The molecule has 0 atom stereocenters. The van der Waals surface area contributed by atoms with Crippen LogP contribution in [0, 0.1) is 10.1 Å². The number of aromatic amines is 1. The minimum absolute atomic E-state index is 0.0319. The van der Waals surface area contributed by atoms with Crippen molar-refractivity contribution in [2.24, 2.45) is 0 Å². The highest BCUT2D eigenvalue weighted by molar-refractivity contribution is 5.91. The summed E-state index contributed by atoms with van der Waals surface area (Å²) in [6.07, 6.45) is 2.86. The number of hydrogen-bond acceptors (Lipinski definition) is 7. The van der Waals surface area contributed by atoms with Crippen molar-refractivity contribution >= 4 is 22.4 Å². The Balaban J connectivity index is 1.26. The highest BCUT2D eigenvalue weighted by Gasteiger charge is 2.13. The number of nitrogens with one attached hydrogen (secondary N) is 3. The third kappa shape index (κ3) is 5.52. The highest BCUT2D eigenvalue weighted by atomic mass is 16.6. The Kier molecular flexibility index (Phi) is 6.95. The van der Waals surface area contributed by atoms with Crippen LogP contribution in [-0.4, -0.2) is 33.0 Å². The van der Waals surface area contributed by atoms with Gasteiger partial charge >= 0.3 is 0 Å². The Hall–Kier alpha value is -4.89. The molecule has 0 spiro atoms. The molecule has 3 N–H and O–H groups in total. The van der Waals surface area contributed by atoms with Gasteiger partial charge in [-0.1, -0.05) is 54.6 Å². The summed E-state index contributed by atoms with van der Waals surface area (Å²) in [6, 6.07) is 24.9. The molecule has 9 nitrogen and oxygen atoms in total. The molecule has 37 heavy (non-hydrogen) atoms. The van der Waals surface area contributed by atoms with Crippen molar-refractivity contribution in [3.8, 4) is 22.4 Å². The number of nitrogens with zero attached hydrogens (tertiary/aromatic N) is 3. The number of pyridine rings is 3. The number of rotatable bonds is 9. The topological polar surface area (TPSA) is 126 Å². The van der Waals surface area contributed by atoms with Gasteiger partial charge in [0.15, 0.2) is 0 Å². The van der Waals surface area contributed by atoms with E-state index in [2.05, 4.69) is 32.7 Å². The van der Waals surface area contributed by atoms with Gasteiger partial charge in [0, 0.05) is 43.0 Å². The molecule has 3 heterocycles. The van der Waals surface area contributed by atoms with Gasteiger partial charge in [-0.15, -0.1) is 0 Å². The normalized spacial score (nSPS) is 10.9. The summed E-state index contributed by atoms with van der Waals surface area (Å²) < 4.78 is 0. The van der Waals surface area contributed by atoms with E-state index in [9.17, 15) is 14.9 Å². The van der Waals surface area contributed by atoms with Crippen molar-refractivity contribution < 1.29 is 4.92 Å². The van der Waals surface area contributed by atoms with Crippen molar-refractivity contribution in [3.05, 3.63) is 117 Å². The maximum Gasteiger partial charge on any atom is 0.287 e. The van der Waals surface area contributed by atoms with E-state index in [-0.39, 0.29) is 11.2 Å². The zero-order valence-corrected chi connectivity index (χ0v) is 19.8. The average Bonchev–Trinajstić information content (AvgIpc) is 2.93. The van der Waals surface area contributed by atoms with Crippen LogP contribution in [0.25, 0.3) is 33.3 Å². The summed E-state index contributed by atoms with van der Waals surface area (Å²) in [4.78, 5) is 34.3. The molecular formula is C28H24N6O3. The lowest BCUT2D eigenvalue weighted by Crippen LogP contribution is -2.22. The van der Waals surface area contributed by atoms with Crippen molar-refractivity contribution in [2.75, 3.05) is 18.4 Å². The molecule has 184 valence electrons. The van der Waals surface area contributed by atoms with Crippen LogP contribution in [0.15, 0.2) is 96.1 Å². The van der Waals surface area contributed by atoms with Crippen LogP contribution in [-0.2, 0) is 6.54 Å². The Morgan fingerprint density at radius 2 is 1.73 bits per heavy atom. The Morgan fingerprint density at radius 1 is 0.919 bits per heavy atom. The van der Waals surface area contributed by atoms with Gasteiger partial charge in [-0.3, -0.25) is 14.9 Å². The van der Waals surface area contributed by atoms with Crippen LogP contribution >= 0.6 is 0 Å². The number of aromatic nitrogens is 3. The van der Waals surface area contributed by atoms with E-state index >= 15 is 0 Å². The first-order valence-electron chi connectivity index (χ1n) is 11.8. The zero-order valence-electron chi connectivity index (χ0n) is 19.8. The summed E-state index contributed by atoms with van der Waals surface area (Å²) in [5.74, 6) is 0.593. The van der Waals surface area contributed by atoms with Gasteiger partial charge in [0.05, 0.1) is 21.5 Å². The molecule has 0 amide bonds. The lowest BCUT2D eigenvalue weighted by Gasteiger charge is -2.12. The van der Waals surface area contributed by atoms with Gasteiger partial charge in [-0.25, -0.2) is 9.97 Å². The van der Waals surface area contributed by atoms with Crippen LogP contribution in [0.4, 0.5) is 11.5 Å². The number of benzene rings is 2. The molecule has 3 aromatic heterocycles. The molecule has 2 aromatic carbocycles. The number of nitro groups is 1. The second kappa shape index (κ2) is 10.8. The molecule has 5 rings (SSSR count). The summed E-state index contributed by atoms with van der Waals surface area (Å²) >= 11 is 0. The fraction of sp³-hybridized carbons (Fsp3) is 0.107. The van der Waals surface area contributed by atoms with E-state index in [1.165, 1.54) is 12.3 Å². The van der Waals surface area contributed by atoms with E-state index in [4.69, 9.17) is 4.98 Å². The first-order chi connectivity index (χ1) is 18.1. The van der Waals surface area contributed by atoms with E-state index < -0.39 is 4.92 Å². The number of H-pyrrole nitrogens is 1. The molecule has 0 saturated heterocycles. The fourth-order valence-corrected chi connectivity index (χ4v) is 4.06. The Labute approximate surface area is 212 Å². The zero-order chi connectivity index (χ0) is 25.6. The third-order valence-electron chi connectivity index (χ3n) is 5.96. The predicted molar refractivity (Wildman–Crippen MR) is 144 cm³/mol. The fourth-order valence-electron chi connectivity index (χ4n) is 4.06. The predicted octanol–water partition coefficient (Wildman–Crippen LogP) is 4.76. The first kappa shape index (κ1) is 23.8. The second-order valence-electron chi connectivity index (χ2n) is 8.45. The molecule has 0 radical (unpaired) electrons. The summed E-state index contributed by atoms with van der Waals surface area (Å²) in [6.45, 7) is 2.00. The Morgan fingerprint density at radius 3 is 2.46 bits per heavy atom. The highest BCUT2D eigenvalue weighted by Crippen LogP contribution is 2.32. The second-order valence-corrected chi connectivity index (χ2v) is 8.45. The lowest BCUT2D eigenvalue weighted by molar-refractivity contribution is -0.385. The first-order valence-corrected chi connectivity index (χ1v) is 11.8. The van der Waals surface area contributed by atoms with Crippen LogP contribution in [0.1, 0.15) is 5.56 Å². The van der Waals surface area contributed by atoms with Gasteiger partial charge in [0.1, 0.15) is 12.0 Å². The number of anilines is 1. The molecule has 0 fully saturated rings. The molecule has 0 aliphatic carbocycles. The molecule has 0 aliphatic heterocycles. The lowest BCUT2D eigenvalue weighted by atomic mass is 9.97. The van der Waals surface area contributed by atoms with Crippen molar-refractivity contribution in [1.82, 2.24) is 20.3 Å². The van der Waals surface area contributed by atoms with Crippen LogP contribution in [0.3, 0.4) is 0 Å².